The monoisotopic (exact) mass is 183 g/mol. The molecule has 2 heteroatoms. The lowest BCUT2D eigenvalue weighted by molar-refractivity contribution is -0.124. The van der Waals surface area contributed by atoms with Gasteiger partial charge in [0.25, 0.3) is 0 Å². The van der Waals surface area contributed by atoms with Crippen molar-refractivity contribution in [1.82, 2.24) is 5.32 Å². The van der Waals surface area contributed by atoms with Crippen LogP contribution in [0.4, 0.5) is 0 Å². The third-order valence-corrected chi connectivity index (χ3v) is 3.09. The van der Waals surface area contributed by atoms with E-state index in [1.807, 2.05) is 0 Å². The zero-order chi connectivity index (χ0) is 9.73. The summed E-state index contributed by atoms with van der Waals surface area (Å²) < 4.78 is 0. The molecule has 0 unspecified atom stereocenters. The Bertz CT molecular complexity index is 171. The highest BCUT2D eigenvalue weighted by Gasteiger charge is 2.35. The fraction of sp³-hybridized carbons (Fsp3) is 0.909. The van der Waals surface area contributed by atoms with Crippen LogP contribution in [0.3, 0.4) is 0 Å². The smallest absolute Gasteiger partial charge is 0.149 e. The molecule has 1 fully saturated rings. The molecule has 1 saturated carbocycles. The van der Waals surface area contributed by atoms with E-state index in [-0.39, 0.29) is 5.54 Å². The van der Waals surface area contributed by atoms with Gasteiger partial charge in [-0.1, -0.05) is 26.2 Å². The highest BCUT2D eigenvalue weighted by atomic mass is 16.1. The molecule has 0 spiro atoms. The summed E-state index contributed by atoms with van der Waals surface area (Å²) in [6.07, 6.45) is 6.90. The van der Waals surface area contributed by atoms with Gasteiger partial charge in [-0.2, -0.15) is 0 Å². The van der Waals surface area contributed by atoms with Crippen molar-refractivity contribution in [2.45, 2.75) is 57.9 Å². The summed E-state index contributed by atoms with van der Waals surface area (Å²) in [5.41, 5.74) is -0.158. The van der Waals surface area contributed by atoms with Crippen molar-refractivity contribution in [3.05, 3.63) is 0 Å². The van der Waals surface area contributed by atoms with Crippen molar-refractivity contribution >= 4 is 5.78 Å². The van der Waals surface area contributed by atoms with Crippen molar-refractivity contribution in [3.63, 3.8) is 0 Å². The molecule has 0 saturated heterocycles. The lowest BCUT2D eigenvalue weighted by Gasteiger charge is -2.36. The quantitative estimate of drug-likeness (QED) is 0.724. The number of ketones is 1. The molecule has 76 valence electrons. The van der Waals surface area contributed by atoms with Crippen LogP contribution in [0.25, 0.3) is 0 Å². The Labute approximate surface area is 81.1 Å². The summed E-state index contributed by atoms with van der Waals surface area (Å²) in [5, 5.41) is 3.43. The molecule has 1 N–H and O–H groups in total. The number of carbonyl (C=O) groups is 1. The number of hydrogen-bond donors (Lipinski definition) is 1. The van der Waals surface area contributed by atoms with E-state index in [4.69, 9.17) is 0 Å². The van der Waals surface area contributed by atoms with Crippen LogP contribution in [0.1, 0.15) is 52.4 Å². The summed E-state index contributed by atoms with van der Waals surface area (Å²) in [7, 11) is 0. The molecule has 0 heterocycles. The van der Waals surface area contributed by atoms with E-state index in [1.165, 1.54) is 19.3 Å². The predicted molar refractivity (Wildman–Crippen MR) is 54.8 cm³/mol. The van der Waals surface area contributed by atoms with Crippen LogP contribution in [0.5, 0.6) is 0 Å². The molecular formula is C11H21NO. The molecule has 0 bridgehead atoms. The molecule has 0 aromatic heterocycles. The summed E-state index contributed by atoms with van der Waals surface area (Å²) in [5.74, 6) is 0.334. The molecule has 13 heavy (non-hydrogen) atoms. The van der Waals surface area contributed by atoms with Crippen LogP contribution in [0.15, 0.2) is 0 Å². The Balaban J connectivity index is 2.56. The Morgan fingerprint density at radius 3 is 2.38 bits per heavy atom. The number of rotatable bonds is 4. The average Bonchev–Trinajstić information content (AvgIpc) is 2.16. The van der Waals surface area contributed by atoms with Gasteiger partial charge >= 0.3 is 0 Å². The fourth-order valence-electron chi connectivity index (χ4n) is 2.17. The first-order chi connectivity index (χ1) is 6.21. The van der Waals surface area contributed by atoms with Gasteiger partial charge in [-0.25, -0.2) is 0 Å². The SMILES string of the molecule is CCCNC1(C(C)=O)CCCCC1. The minimum absolute atomic E-state index is 0.158. The molecule has 0 aromatic carbocycles. The van der Waals surface area contributed by atoms with E-state index in [0.717, 1.165) is 25.8 Å². The Kier molecular flexibility index (Phi) is 3.91. The van der Waals surface area contributed by atoms with Crippen LogP contribution < -0.4 is 5.32 Å². The molecule has 0 aliphatic heterocycles. The highest BCUT2D eigenvalue weighted by Crippen LogP contribution is 2.28. The maximum absolute atomic E-state index is 11.6. The Hall–Kier alpha value is -0.370. The van der Waals surface area contributed by atoms with Crippen molar-refractivity contribution in [2.75, 3.05) is 6.54 Å². The minimum Gasteiger partial charge on any atom is -0.305 e. The van der Waals surface area contributed by atoms with Gasteiger partial charge in [0.15, 0.2) is 0 Å². The summed E-state index contributed by atoms with van der Waals surface area (Å²) in [4.78, 5) is 11.6. The Morgan fingerprint density at radius 1 is 1.31 bits per heavy atom. The Morgan fingerprint density at radius 2 is 1.92 bits per heavy atom. The highest BCUT2D eigenvalue weighted by molar-refractivity contribution is 5.86. The second-order valence-corrected chi connectivity index (χ2v) is 4.13. The molecule has 0 amide bonds. The largest absolute Gasteiger partial charge is 0.305 e. The number of carbonyl (C=O) groups excluding carboxylic acids is 1. The number of Topliss-reactive ketones (excluding diaryl/α,β-unsaturated/α-hetero) is 1. The summed E-state index contributed by atoms with van der Waals surface area (Å²) in [6.45, 7) is 4.84. The first kappa shape index (κ1) is 10.7. The summed E-state index contributed by atoms with van der Waals surface area (Å²) >= 11 is 0. The van der Waals surface area contributed by atoms with Crippen molar-refractivity contribution < 1.29 is 4.79 Å². The maximum atomic E-state index is 11.6. The maximum Gasteiger partial charge on any atom is 0.149 e. The van der Waals surface area contributed by atoms with Gasteiger partial charge in [-0.15, -0.1) is 0 Å². The van der Waals surface area contributed by atoms with E-state index in [2.05, 4.69) is 12.2 Å². The lowest BCUT2D eigenvalue weighted by atomic mass is 9.79. The third-order valence-electron chi connectivity index (χ3n) is 3.09. The lowest BCUT2D eigenvalue weighted by Crippen LogP contribution is -2.52. The molecule has 1 aliphatic rings. The van der Waals surface area contributed by atoms with Crippen molar-refractivity contribution in [2.24, 2.45) is 0 Å². The van der Waals surface area contributed by atoms with Gasteiger partial charge in [-0.05, 0) is 32.7 Å². The molecule has 0 radical (unpaired) electrons. The molecular weight excluding hydrogens is 162 g/mol. The average molecular weight is 183 g/mol. The van der Waals surface area contributed by atoms with E-state index in [1.54, 1.807) is 6.92 Å². The first-order valence-electron chi connectivity index (χ1n) is 5.47. The second-order valence-electron chi connectivity index (χ2n) is 4.13. The van der Waals surface area contributed by atoms with Crippen LogP contribution in [0, 0.1) is 0 Å². The van der Waals surface area contributed by atoms with Crippen molar-refractivity contribution in [1.29, 1.82) is 0 Å². The predicted octanol–water partition coefficient (Wildman–Crippen LogP) is 2.28. The topological polar surface area (TPSA) is 29.1 Å². The van der Waals surface area contributed by atoms with Gasteiger partial charge in [0.1, 0.15) is 5.78 Å². The van der Waals surface area contributed by atoms with Crippen LogP contribution in [0.2, 0.25) is 0 Å². The van der Waals surface area contributed by atoms with Gasteiger partial charge in [0, 0.05) is 0 Å². The zero-order valence-electron chi connectivity index (χ0n) is 8.86. The molecule has 1 rings (SSSR count). The van der Waals surface area contributed by atoms with Crippen LogP contribution in [-0.4, -0.2) is 17.9 Å². The second kappa shape index (κ2) is 4.75. The molecule has 1 aliphatic carbocycles. The van der Waals surface area contributed by atoms with Crippen LogP contribution in [-0.2, 0) is 4.79 Å². The number of hydrogen-bond acceptors (Lipinski definition) is 2. The number of nitrogens with one attached hydrogen (secondary N) is 1. The normalized spacial score (nSPS) is 21.4. The fourth-order valence-corrected chi connectivity index (χ4v) is 2.17. The molecule has 0 atom stereocenters. The van der Waals surface area contributed by atoms with E-state index < -0.39 is 0 Å². The minimum atomic E-state index is -0.158. The van der Waals surface area contributed by atoms with Crippen LogP contribution >= 0.6 is 0 Å². The summed E-state index contributed by atoms with van der Waals surface area (Å²) in [6, 6.07) is 0. The first-order valence-corrected chi connectivity index (χ1v) is 5.47. The van der Waals surface area contributed by atoms with Gasteiger partial charge in [0.05, 0.1) is 5.54 Å². The van der Waals surface area contributed by atoms with E-state index in [9.17, 15) is 4.79 Å². The third kappa shape index (κ3) is 2.53. The standard InChI is InChI=1S/C11H21NO/c1-3-9-12-11(10(2)13)7-5-4-6-8-11/h12H,3-9H2,1-2H3. The van der Waals surface area contributed by atoms with Gasteiger partial charge in [-0.3, -0.25) is 4.79 Å². The van der Waals surface area contributed by atoms with Gasteiger partial charge < -0.3 is 5.32 Å². The zero-order valence-corrected chi connectivity index (χ0v) is 8.86. The van der Waals surface area contributed by atoms with E-state index in [0.29, 0.717) is 5.78 Å². The van der Waals surface area contributed by atoms with Gasteiger partial charge in [0.2, 0.25) is 0 Å². The van der Waals surface area contributed by atoms with Crippen molar-refractivity contribution in [3.8, 4) is 0 Å². The van der Waals surface area contributed by atoms with E-state index >= 15 is 0 Å². The molecule has 0 aromatic rings. The molecule has 2 nitrogen and oxygen atoms in total.